The van der Waals surface area contributed by atoms with Crippen molar-refractivity contribution in [2.45, 2.75) is 18.9 Å². The second-order valence-corrected chi connectivity index (χ2v) is 4.17. The third kappa shape index (κ3) is 1.65. The lowest BCUT2D eigenvalue weighted by Gasteiger charge is -2.07. The highest BCUT2D eigenvalue weighted by molar-refractivity contribution is 5.95. The molecule has 2 aromatic rings. The molecule has 0 saturated carbocycles. The van der Waals surface area contributed by atoms with Crippen LogP contribution in [-0.4, -0.2) is 34.3 Å². The van der Waals surface area contributed by atoms with E-state index in [4.69, 9.17) is 9.47 Å². The number of hydrogen-bond donors (Lipinski definition) is 0. The fourth-order valence-electron chi connectivity index (χ4n) is 2.20. The quantitative estimate of drug-likeness (QED) is 0.750. The zero-order chi connectivity index (χ0) is 12.5. The number of methoxy groups -OCH3 is 1. The first-order chi connectivity index (χ1) is 8.81. The summed E-state index contributed by atoms with van der Waals surface area (Å²) >= 11 is 0. The SMILES string of the molecule is COC(=O)c1cccn2c(C3CCCO3)nnc12. The molecule has 0 bridgehead atoms. The van der Waals surface area contributed by atoms with Crippen molar-refractivity contribution >= 4 is 11.6 Å². The maximum absolute atomic E-state index is 11.6. The molecule has 0 radical (unpaired) electrons. The first kappa shape index (κ1) is 11.2. The van der Waals surface area contributed by atoms with Crippen molar-refractivity contribution < 1.29 is 14.3 Å². The topological polar surface area (TPSA) is 65.7 Å². The molecule has 18 heavy (non-hydrogen) atoms. The predicted octanol–water partition coefficient (Wildman–Crippen LogP) is 1.37. The maximum Gasteiger partial charge on any atom is 0.341 e. The standard InChI is InChI=1S/C12H13N3O3/c1-17-12(16)8-4-2-6-15-10(8)13-14-11(15)9-5-3-7-18-9/h2,4,6,9H,3,5,7H2,1H3. The van der Waals surface area contributed by atoms with Gasteiger partial charge in [-0.3, -0.25) is 4.40 Å². The molecule has 6 heteroatoms. The van der Waals surface area contributed by atoms with Gasteiger partial charge in [-0.25, -0.2) is 4.79 Å². The Morgan fingerprint density at radius 2 is 2.44 bits per heavy atom. The predicted molar refractivity (Wildman–Crippen MR) is 62.3 cm³/mol. The van der Waals surface area contributed by atoms with Gasteiger partial charge in [-0.2, -0.15) is 0 Å². The molecule has 1 aliphatic rings. The van der Waals surface area contributed by atoms with E-state index < -0.39 is 5.97 Å². The van der Waals surface area contributed by atoms with Crippen molar-refractivity contribution in [1.29, 1.82) is 0 Å². The van der Waals surface area contributed by atoms with Gasteiger partial charge in [0.25, 0.3) is 0 Å². The van der Waals surface area contributed by atoms with Gasteiger partial charge in [0.15, 0.2) is 11.5 Å². The highest BCUT2D eigenvalue weighted by Gasteiger charge is 2.24. The minimum atomic E-state index is -0.410. The Morgan fingerprint density at radius 1 is 1.56 bits per heavy atom. The lowest BCUT2D eigenvalue weighted by atomic mass is 10.2. The first-order valence-corrected chi connectivity index (χ1v) is 5.85. The summed E-state index contributed by atoms with van der Waals surface area (Å²) in [5.41, 5.74) is 0.923. The van der Waals surface area contributed by atoms with Gasteiger partial charge in [0.1, 0.15) is 11.7 Å². The molecule has 1 fully saturated rings. The van der Waals surface area contributed by atoms with Gasteiger partial charge in [-0.1, -0.05) is 0 Å². The lowest BCUT2D eigenvalue weighted by molar-refractivity contribution is 0.0602. The molecule has 2 aromatic heterocycles. The van der Waals surface area contributed by atoms with E-state index in [2.05, 4.69) is 10.2 Å². The Hall–Kier alpha value is -1.95. The third-order valence-electron chi connectivity index (χ3n) is 3.08. The van der Waals surface area contributed by atoms with Crippen LogP contribution in [0.4, 0.5) is 0 Å². The van der Waals surface area contributed by atoms with Crippen molar-refractivity contribution in [1.82, 2.24) is 14.6 Å². The van der Waals surface area contributed by atoms with Crippen LogP contribution in [-0.2, 0) is 9.47 Å². The van der Waals surface area contributed by atoms with Gasteiger partial charge >= 0.3 is 5.97 Å². The molecule has 0 N–H and O–H groups in total. The third-order valence-corrected chi connectivity index (χ3v) is 3.08. The average molecular weight is 247 g/mol. The summed E-state index contributed by atoms with van der Waals surface area (Å²) in [7, 11) is 1.35. The second kappa shape index (κ2) is 4.38. The second-order valence-electron chi connectivity index (χ2n) is 4.17. The van der Waals surface area contributed by atoms with E-state index in [9.17, 15) is 4.79 Å². The van der Waals surface area contributed by atoms with Crippen LogP contribution in [0.15, 0.2) is 18.3 Å². The molecule has 0 amide bonds. The van der Waals surface area contributed by atoms with Crippen LogP contribution in [0.25, 0.3) is 5.65 Å². The van der Waals surface area contributed by atoms with Crippen LogP contribution in [0.2, 0.25) is 0 Å². The van der Waals surface area contributed by atoms with E-state index in [1.165, 1.54) is 7.11 Å². The molecule has 1 atom stereocenters. The molecule has 0 aliphatic carbocycles. The van der Waals surface area contributed by atoms with Gasteiger partial charge in [-0.05, 0) is 25.0 Å². The van der Waals surface area contributed by atoms with Crippen LogP contribution < -0.4 is 0 Å². The lowest BCUT2D eigenvalue weighted by Crippen LogP contribution is -2.06. The van der Waals surface area contributed by atoms with Crippen molar-refractivity contribution in [3.63, 3.8) is 0 Å². The Bertz CT molecular complexity index is 587. The van der Waals surface area contributed by atoms with Crippen molar-refractivity contribution in [3.8, 4) is 0 Å². The number of nitrogens with zero attached hydrogens (tertiary/aromatic N) is 3. The number of aromatic nitrogens is 3. The number of fused-ring (bicyclic) bond motifs is 1. The van der Waals surface area contributed by atoms with Gasteiger partial charge < -0.3 is 9.47 Å². The van der Waals surface area contributed by atoms with Crippen LogP contribution in [0.3, 0.4) is 0 Å². The summed E-state index contributed by atoms with van der Waals surface area (Å²) < 4.78 is 12.1. The normalized spacial score (nSPS) is 19.3. The van der Waals surface area contributed by atoms with E-state index in [1.54, 1.807) is 16.5 Å². The van der Waals surface area contributed by atoms with Gasteiger partial charge in [0, 0.05) is 12.8 Å². The summed E-state index contributed by atoms with van der Waals surface area (Å²) in [4.78, 5) is 11.6. The highest BCUT2D eigenvalue weighted by atomic mass is 16.5. The molecular weight excluding hydrogens is 234 g/mol. The van der Waals surface area contributed by atoms with E-state index in [1.807, 2.05) is 6.20 Å². The molecule has 3 heterocycles. The molecule has 1 aliphatic heterocycles. The van der Waals surface area contributed by atoms with Crippen molar-refractivity contribution in [2.75, 3.05) is 13.7 Å². The van der Waals surface area contributed by atoms with E-state index in [0.29, 0.717) is 11.2 Å². The summed E-state index contributed by atoms with van der Waals surface area (Å²) in [6.45, 7) is 0.746. The number of rotatable bonds is 2. The first-order valence-electron chi connectivity index (χ1n) is 5.85. The summed E-state index contributed by atoms with van der Waals surface area (Å²) in [6.07, 6.45) is 3.76. The number of carbonyl (C=O) groups excluding carboxylic acids is 1. The van der Waals surface area contributed by atoms with Crippen molar-refractivity contribution in [2.24, 2.45) is 0 Å². The Balaban J connectivity index is 2.11. The Labute approximate surface area is 104 Å². The van der Waals surface area contributed by atoms with Crippen LogP contribution in [0.5, 0.6) is 0 Å². The van der Waals surface area contributed by atoms with Crippen LogP contribution >= 0.6 is 0 Å². The largest absolute Gasteiger partial charge is 0.465 e. The summed E-state index contributed by atoms with van der Waals surface area (Å²) in [5.74, 6) is 0.333. The van der Waals surface area contributed by atoms with Gasteiger partial charge in [0.05, 0.1) is 7.11 Å². The molecule has 94 valence electrons. The van der Waals surface area contributed by atoms with Crippen LogP contribution in [0, 0.1) is 0 Å². The number of carbonyl (C=O) groups is 1. The fourth-order valence-corrected chi connectivity index (χ4v) is 2.20. The minimum Gasteiger partial charge on any atom is -0.465 e. The molecule has 3 rings (SSSR count). The van der Waals surface area contributed by atoms with E-state index >= 15 is 0 Å². The van der Waals surface area contributed by atoms with Crippen molar-refractivity contribution in [3.05, 3.63) is 29.7 Å². The number of hydrogen-bond acceptors (Lipinski definition) is 5. The van der Waals surface area contributed by atoms with E-state index in [-0.39, 0.29) is 6.10 Å². The number of esters is 1. The molecule has 6 nitrogen and oxygen atoms in total. The maximum atomic E-state index is 11.6. The zero-order valence-electron chi connectivity index (χ0n) is 10.00. The average Bonchev–Trinajstić information content (AvgIpc) is 3.05. The van der Waals surface area contributed by atoms with E-state index in [0.717, 1.165) is 25.3 Å². The van der Waals surface area contributed by atoms with Gasteiger partial charge in [-0.15, -0.1) is 10.2 Å². The highest BCUT2D eigenvalue weighted by Crippen LogP contribution is 2.27. The Kier molecular flexibility index (Phi) is 2.71. The van der Waals surface area contributed by atoms with Crippen LogP contribution in [0.1, 0.15) is 35.1 Å². The molecule has 0 spiro atoms. The van der Waals surface area contributed by atoms with Gasteiger partial charge in [0.2, 0.25) is 0 Å². The smallest absolute Gasteiger partial charge is 0.341 e. The fraction of sp³-hybridized carbons (Fsp3) is 0.417. The zero-order valence-corrected chi connectivity index (χ0v) is 10.00. The molecule has 1 saturated heterocycles. The summed E-state index contributed by atoms with van der Waals surface area (Å²) in [6, 6.07) is 3.45. The molecular formula is C12H13N3O3. The molecule has 1 unspecified atom stereocenters. The number of pyridine rings is 1. The minimum absolute atomic E-state index is 0.0344. The summed E-state index contributed by atoms with van der Waals surface area (Å²) in [5, 5.41) is 8.20. The Morgan fingerprint density at radius 3 is 3.17 bits per heavy atom. The molecule has 0 aromatic carbocycles. The monoisotopic (exact) mass is 247 g/mol. The number of ether oxygens (including phenoxy) is 2.